The molecule has 1 aromatic rings. The van der Waals surface area contributed by atoms with Crippen LogP contribution in [0.2, 0.25) is 5.02 Å². The molecule has 3 atom stereocenters. The molecule has 1 nitrogen and oxygen atoms in total. The van der Waals surface area contributed by atoms with Crippen LogP contribution < -0.4 is 5.32 Å². The van der Waals surface area contributed by atoms with E-state index in [1.807, 2.05) is 6.07 Å². The summed E-state index contributed by atoms with van der Waals surface area (Å²) >= 11 is 5.94. The van der Waals surface area contributed by atoms with E-state index < -0.39 is 0 Å². The fourth-order valence-corrected chi connectivity index (χ4v) is 4.69. The highest BCUT2D eigenvalue weighted by Gasteiger charge is 2.59. The van der Waals surface area contributed by atoms with Crippen LogP contribution in [-0.2, 0) is 0 Å². The third-order valence-corrected chi connectivity index (χ3v) is 5.66. The maximum atomic E-state index is 13.5. The van der Waals surface area contributed by atoms with Crippen molar-refractivity contribution < 1.29 is 4.39 Å². The van der Waals surface area contributed by atoms with Gasteiger partial charge in [0.15, 0.2) is 0 Å². The first-order valence-corrected chi connectivity index (χ1v) is 7.42. The second kappa shape index (κ2) is 4.12. The van der Waals surface area contributed by atoms with Gasteiger partial charge in [-0.2, -0.15) is 0 Å². The van der Waals surface area contributed by atoms with Gasteiger partial charge >= 0.3 is 0 Å². The Morgan fingerprint density at radius 3 is 2.58 bits per heavy atom. The van der Waals surface area contributed by atoms with Crippen LogP contribution in [0.15, 0.2) is 18.2 Å². The van der Waals surface area contributed by atoms with Gasteiger partial charge in [-0.05, 0) is 54.2 Å². The van der Waals surface area contributed by atoms with Gasteiger partial charge < -0.3 is 5.32 Å². The first-order valence-electron chi connectivity index (χ1n) is 7.04. The summed E-state index contributed by atoms with van der Waals surface area (Å²) in [5.41, 5.74) is 1.38. The van der Waals surface area contributed by atoms with Crippen LogP contribution in [0.25, 0.3) is 0 Å². The second-order valence-electron chi connectivity index (χ2n) is 7.15. The molecule has 104 valence electrons. The minimum Gasteiger partial charge on any atom is -0.381 e. The largest absolute Gasteiger partial charge is 0.381 e. The van der Waals surface area contributed by atoms with Crippen LogP contribution in [0.4, 0.5) is 10.1 Å². The second-order valence-corrected chi connectivity index (χ2v) is 7.59. The smallest absolute Gasteiger partial charge is 0.126 e. The number of rotatable bonds is 2. The number of hydrogen-bond donors (Lipinski definition) is 1. The molecule has 3 heteroatoms. The number of hydrogen-bond acceptors (Lipinski definition) is 1. The summed E-state index contributed by atoms with van der Waals surface area (Å²) in [7, 11) is 0. The average molecular weight is 282 g/mol. The number of benzene rings is 1. The molecule has 0 radical (unpaired) electrons. The van der Waals surface area contributed by atoms with E-state index in [0.717, 1.165) is 11.6 Å². The highest BCUT2D eigenvalue weighted by molar-refractivity contribution is 6.30. The van der Waals surface area contributed by atoms with Gasteiger partial charge in [-0.25, -0.2) is 4.39 Å². The molecule has 1 unspecified atom stereocenters. The molecule has 1 N–H and O–H groups in total. The molecule has 0 spiro atoms. The fourth-order valence-electron chi connectivity index (χ4n) is 4.47. The fraction of sp³-hybridized carbons (Fsp3) is 0.625. The van der Waals surface area contributed by atoms with E-state index in [0.29, 0.717) is 16.5 Å². The van der Waals surface area contributed by atoms with Crippen molar-refractivity contribution in [3.8, 4) is 0 Å². The lowest BCUT2D eigenvalue weighted by atomic mass is 9.68. The van der Waals surface area contributed by atoms with Gasteiger partial charge in [0, 0.05) is 16.8 Å². The lowest BCUT2D eigenvalue weighted by Gasteiger charge is -2.43. The Hall–Kier alpha value is -0.760. The highest BCUT2D eigenvalue weighted by Crippen LogP contribution is 2.63. The molecule has 0 aliphatic heterocycles. The predicted molar refractivity (Wildman–Crippen MR) is 78.0 cm³/mol. The number of fused-ring (bicyclic) bond motifs is 2. The Labute approximate surface area is 119 Å². The van der Waals surface area contributed by atoms with Gasteiger partial charge in [0.1, 0.15) is 5.82 Å². The zero-order chi connectivity index (χ0) is 13.8. The topological polar surface area (TPSA) is 12.0 Å². The normalized spacial score (nSPS) is 35.6. The summed E-state index contributed by atoms with van der Waals surface area (Å²) in [4.78, 5) is 0. The maximum absolute atomic E-state index is 13.5. The summed E-state index contributed by atoms with van der Waals surface area (Å²) in [5.74, 6) is 0.500. The molecule has 0 amide bonds. The summed E-state index contributed by atoms with van der Waals surface area (Å²) in [6.45, 7) is 7.03. The predicted octanol–water partition coefficient (Wildman–Crippen LogP) is 5.11. The standard InChI is InChI=1S/C16H21ClFN/c1-15(2)10-4-5-16(3,9-10)14(15)19-13-7-11(17)6-12(18)8-13/h6-8,10,14,19H,4-5,9H2,1-3H3/t10-,14?,16+/m0/s1. The average Bonchev–Trinajstić information content (AvgIpc) is 2.74. The Bertz CT molecular complexity index is 488. The van der Waals surface area contributed by atoms with Crippen molar-refractivity contribution >= 4 is 17.3 Å². The molecule has 0 heterocycles. The molecule has 3 rings (SSSR count). The third-order valence-electron chi connectivity index (χ3n) is 5.44. The molecule has 1 aromatic carbocycles. The molecule has 2 aliphatic rings. The van der Waals surface area contributed by atoms with E-state index in [4.69, 9.17) is 11.6 Å². The van der Waals surface area contributed by atoms with Crippen LogP contribution in [0.5, 0.6) is 0 Å². The van der Waals surface area contributed by atoms with Gasteiger partial charge in [0.25, 0.3) is 0 Å². The quantitative estimate of drug-likeness (QED) is 0.795. The van der Waals surface area contributed by atoms with Crippen LogP contribution in [0.1, 0.15) is 40.0 Å². The molecule has 2 saturated carbocycles. The molecular formula is C16H21ClFN. The Kier molecular flexibility index (Phi) is 2.87. The third kappa shape index (κ3) is 2.05. The minimum absolute atomic E-state index is 0.256. The molecule has 2 fully saturated rings. The van der Waals surface area contributed by atoms with Gasteiger partial charge in [-0.3, -0.25) is 0 Å². The number of nitrogens with one attached hydrogen (secondary N) is 1. The first kappa shape index (κ1) is 13.2. The monoisotopic (exact) mass is 281 g/mol. The Morgan fingerprint density at radius 2 is 2.00 bits per heavy atom. The van der Waals surface area contributed by atoms with Crippen LogP contribution in [-0.4, -0.2) is 6.04 Å². The molecule has 2 bridgehead atoms. The van der Waals surface area contributed by atoms with Crippen molar-refractivity contribution in [1.82, 2.24) is 0 Å². The summed E-state index contributed by atoms with van der Waals surface area (Å²) in [6.07, 6.45) is 3.87. The van der Waals surface area contributed by atoms with Crippen molar-refractivity contribution in [2.45, 2.75) is 46.1 Å². The van der Waals surface area contributed by atoms with Gasteiger partial charge in [0.2, 0.25) is 0 Å². The van der Waals surface area contributed by atoms with E-state index in [2.05, 4.69) is 26.1 Å². The first-order chi connectivity index (χ1) is 8.81. The van der Waals surface area contributed by atoms with Crippen LogP contribution >= 0.6 is 11.6 Å². The van der Waals surface area contributed by atoms with E-state index in [9.17, 15) is 4.39 Å². The van der Waals surface area contributed by atoms with Crippen molar-refractivity contribution in [3.63, 3.8) is 0 Å². The zero-order valence-electron chi connectivity index (χ0n) is 11.8. The molecule has 19 heavy (non-hydrogen) atoms. The summed E-state index contributed by atoms with van der Waals surface area (Å²) < 4.78 is 13.5. The van der Waals surface area contributed by atoms with Crippen LogP contribution in [0.3, 0.4) is 0 Å². The molecular weight excluding hydrogens is 261 g/mol. The summed E-state index contributed by atoms with van der Waals surface area (Å²) in [6, 6.07) is 5.09. The van der Waals surface area contributed by atoms with E-state index >= 15 is 0 Å². The van der Waals surface area contributed by atoms with Crippen molar-refractivity contribution in [2.24, 2.45) is 16.7 Å². The van der Waals surface area contributed by atoms with E-state index in [1.165, 1.54) is 31.4 Å². The number of halogens is 2. The molecule has 2 aliphatic carbocycles. The SMILES string of the molecule is CC1(C)C(Nc2cc(F)cc(Cl)c2)[C@]2(C)CC[C@H]1C2. The van der Waals surface area contributed by atoms with Gasteiger partial charge in [-0.1, -0.05) is 32.4 Å². The Balaban J connectivity index is 1.90. The maximum Gasteiger partial charge on any atom is 0.126 e. The highest BCUT2D eigenvalue weighted by atomic mass is 35.5. The number of anilines is 1. The van der Waals surface area contributed by atoms with Crippen LogP contribution in [0, 0.1) is 22.6 Å². The summed E-state index contributed by atoms with van der Waals surface area (Å²) in [5, 5.41) is 4.01. The Morgan fingerprint density at radius 1 is 1.26 bits per heavy atom. The molecule has 0 saturated heterocycles. The van der Waals surface area contributed by atoms with Gasteiger partial charge in [0.05, 0.1) is 0 Å². The van der Waals surface area contributed by atoms with Crippen molar-refractivity contribution in [2.75, 3.05) is 5.32 Å². The lowest BCUT2D eigenvalue weighted by Crippen LogP contribution is -2.45. The van der Waals surface area contributed by atoms with Crippen molar-refractivity contribution in [1.29, 1.82) is 0 Å². The lowest BCUT2D eigenvalue weighted by molar-refractivity contribution is 0.155. The van der Waals surface area contributed by atoms with Gasteiger partial charge in [-0.15, -0.1) is 0 Å². The minimum atomic E-state index is -0.277. The molecule has 0 aromatic heterocycles. The van der Waals surface area contributed by atoms with Crippen molar-refractivity contribution in [3.05, 3.63) is 29.0 Å². The van der Waals surface area contributed by atoms with E-state index in [-0.39, 0.29) is 11.2 Å². The van der Waals surface area contributed by atoms with E-state index in [1.54, 1.807) is 0 Å². The zero-order valence-corrected chi connectivity index (χ0v) is 12.5.